The topological polar surface area (TPSA) is 8.81 Å². The van der Waals surface area contributed by atoms with Gasteiger partial charge in [-0.1, -0.05) is 29.8 Å². The first kappa shape index (κ1) is 12.9. The highest BCUT2D eigenvalue weighted by Crippen LogP contribution is 2.24. The van der Waals surface area contributed by atoms with E-state index < -0.39 is 0 Å². The van der Waals surface area contributed by atoms with E-state index in [4.69, 9.17) is 0 Å². The van der Waals surface area contributed by atoms with Gasteiger partial charge in [-0.2, -0.15) is 0 Å². The van der Waals surface area contributed by atoms with Crippen molar-refractivity contribution < 1.29 is 4.57 Å². The summed E-state index contributed by atoms with van der Waals surface area (Å²) >= 11 is 0. The average molecular weight is 265 g/mol. The van der Waals surface area contributed by atoms with Crippen LogP contribution in [0.1, 0.15) is 18.3 Å². The number of imidazole rings is 1. The monoisotopic (exact) mass is 265 g/mol. The number of aryl methyl sites for hydroxylation is 3. The lowest BCUT2D eigenvalue weighted by Crippen LogP contribution is -2.30. The molecule has 0 atom stereocenters. The molecule has 1 aromatic heterocycles. The molecule has 0 spiro atoms. The normalized spacial score (nSPS) is 11.2. The van der Waals surface area contributed by atoms with Crippen molar-refractivity contribution in [2.75, 3.05) is 0 Å². The Balaban J connectivity index is 2.22. The molecule has 2 nitrogen and oxygen atoms in total. The van der Waals surface area contributed by atoms with E-state index in [1.54, 1.807) is 0 Å². The summed E-state index contributed by atoms with van der Waals surface area (Å²) in [5.41, 5.74) is 6.46. The van der Waals surface area contributed by atoms with Gasteiger partial charge in [-0.3, -0.25) is 0 Å². The fourth-order valence-corrected chi connectivity index (χ4v) is 2.88. The number of rotatable bonds is 2. The van der Waals surface area contributed by atoms with Gasteiger partial charge in [-0.25, -0.2) is 9.13 Å². The Kier molecular flexibility index (Phi) is 3.09. The molecule has 3 aromatic rings. The molecule has 0 amide bonds. The summed E-state index contributed by atoms with van der Waals surface area (Å²) in [7, 11) is 2.13. The van der Waals surface area contributed by atoms with Gasteiger partial charge in [-0.05, 0) is 43.2 Å². The van der Waals surface area contributed by atoms with E-state index >= 15 is 0 Å². The molecule has 102 valence electrons. The Bertz CT molecular complexity index is 764. The quantitative estimate of drug-likeness (QED) is 0.624. The second kappa shape index (κ2) is 4.78. The molecule has 0 saturated heterocycles. The van der Waals surface area contributed by atoms with E-state index in [0.29, 0.717) is 0 Å². The first-order valence-electron chi connectivity index (χ1n) is 7.17. The third-order valence-electron chi connectivity index (χ3n) is 4.20. The number of benzene rings is 2. The molecular weight excluding hydrogens is 244 g/mol. The van der Waals surface area contributed by atoms with E-state index in [-0.39, 0.29) is 0 Å². The second-order valence-electron chi connectivity index (χ2n) is 5.42. The van der Waals surface area contributed by atoms with Crippen LogP contribution in [-0.2, 0) is 13.6 Å². The summed E-state index contributed by atoms with van der Waals surface area (Å²) < 4.78 is 4.63. The lowest BCUT2D eigenvalue weighted by molar-refractivity contribution is -0.652. The van der Waals surface area contributed by atoms with Gasteiger partial charge < -0.3 is 0 Å². The molecule has 0 unspecified atom stereocenters. The highest BCUT2D eigenvalue weighted by atomic mass is 15.1. The van der Waals surface area contributed by atoms with Crippen molar-refractivity contribution in [3.63, 3.8) is 0 Å². The molecule has 3 rings (SSSR count). The van der Waals surface area contributed by atoms with Crippen molar-refractivity contribution in [3.05, 3.63) is 53.9 Å². The van der Waals surface area contributed by atoms with Gasteiger partial charge in [0, 0.05) is 6.92 Å². The number of aromatic nitrogens is 2. The number of fused-ring (bicyclic) bond motifs is 1. The molecule has 0 radical (unpaired) electrons. The van der Waals surface area contributed by atoms with Crippen LogP contribution in [0.15, 0.2) is 42.5 Å². The minimum Gasteiger partial charge on any atom is -0.230 e. The summed E-state index contributed by atoms with van der Waals surface area (Å²) in [5.74, 6) is 1.29. The van der Waals surface area contributed by atoms with Gasteiger partial charge in [0.05, 0.1) is 13.6 Å². The molecule has 2 aromatic carbocycles. The maximum Gasteiger partial charge on any atom is 0.253 e. The third-order valence-corrected chi connectivity index (χ3v) is 4.20. The Labute approximate surface area is 120 Å². The van der Waals surface area contributed by atoms with Crippen LogP contribution in [0.25, 0.3) is 22.2 Å². The molecule has 20 heavy (non-hydrogen) atoms. The van der Waals surface area contributed by atoms with E-state index in [9.17, 15) is 0 Å². The van der Waals surface area contributed by atoms with Crippen LogP contribution in [-0.4, -0.2) is 4.57 Å². The van der Waals surface area contributed by atoms with Gasteiger partial charge >= 0.3 is 0 Å². The first-order chi connectivity index (χ1) is 9.61. The molecule has 2 heteroatoms. The Morgan fingerprint density at radius 1 is 0.950 bits per heavy atom. The maximum atomic E-state index is 2.37. The Morgan fingerprint density at radius 3 is 2.25 bits per heavy atom. The van der Waals surface area contributed by atoms with Crippen LogP contribution in [0.3, 0.4) is 0 Å². The zero-order chi connectivity index (χ0) is 14.3. The standard InChI is InChI=1S/C18H21N2/c1-5-20-14(3)19(4)17-11-10-16(12-18(17)20)15-8-6-13(2)7-9-15/h6-12H,5H2,1-4H3/q+1. The van der Waals surface area contributed by atoms with Crippen molar-refractivity contribution in [1.82, 2.24) is 4.57 Å². The number of hydrogen-bond donors (Lipinski definition) is 0. The van der Waals surface area contributed by atoms with Gasteiger partial charge in [-0.15, -0.1) is 0 Å². The van der Waals surface area contributed by atoms with Crippen molar-refractivity contribution >= 4 is 11.0 Å². The largest absolute Gasteiger partial charge is 0.253 e. The average Bonchev–Trinajstić information content (AvgIpc) is 2.71. The molecule has 0 saturated carbocycles. The van der Waals surface area contributed by atoms with Crippen molar-refractivity contribution in [1.29, 1.82) is 0 Å². The zero-order valence-corrected chi connectivity index (χ0v) is 12.6. The molecule has 0 aliphatic rings. The van der Waals surface area contributed by atoms with Crippen LogP contribution < -0.4 is 4.57 Å². The van der Waals surface area contributed by atoms with Crippen molar-refractivity contribution in [2.45, 2.75) is 27.3 Å². The van der Waals surface area contributed by atoms with Crippen molar-refractivity contribution in [2.24, 2.45) is 7.05 Å². The highest BCUT2D eigenvalue weighted by molar-refractivity contribution is 5.80. The molecule has 0 bridgehead atoms. The van der Waals surface area contributed by atoms with E-state index in [1.807, 2.05) is 0 Å². The highest BCUT2D eigenvalue weighted by Gasteiger charge is 2.18. The molecule has 1 heterocycles. The Morgan fingerprint density at radius 2 is 1.60 bits per heavy atom. The molecule has 0 fully saturated rings. The Hall–Kier alpha value is -2.09. The van der Waals surface area contributed by atoms with Crippen LogP contribution in [0.4, 0.5) is 0 Å². The van der Waals surface area contributed by atoms with Gasteiger partial charge in [0.1, 0.15) is 0 Å². The zero-order valence-electron chi connectivity index (χ0n) is 12.6. The summed E-state index contributed by atoms with van der Waals surface area (Å²) in [4.78, 5) is 0. The van der Waals surface area contributed by atoms with Crippen LogP contribution in [0.2, 0.25) is 0 Å². The first-order valence-corrected chi connectivity index (χ1v) is 7.17. The van der Waals surface area contributed by atoms with Crippen LogP contribution in [0, 0.1) is 13.8 Å². The SMILES string of the molecule is CCn1c(C)[n+](C)c2ccc(-c3ccc(C)cc3)cc21. The minimum absolute atomic E-state index is 1.00. The molecule has 0 aliphatic heterocycles. The smallest absolute Gasteiger partial charge is 0.230 e. The molecule has 0 aliphatic carbocycles. The van der Waals surface area contributed by atoms with Gasteiger partial charge in [0.15, 0.2) is 11.0 Å². The maximum absolute atomic E-state index is 2.37. The van der Waals surface area contributed by atoms with Gasteiger partial charge in [0.2, 0.25) is 0 Å². The van der Waals surface area contributed by atoms with E-state index in [2.05, 4.69) is 79.4 Å². The fraction of sp³-hybridized carbons (Fsp3) is 0.278. The van der Waals surface area contributed by atoms with Crippen LogP contribution in [0.5, 0.6) is 0 Å². The predicted molar refractivity (Wildman–Crippen MR) is 83.7 cm³/mol. The number of hydrogen-bond acceptors (Lipinski definition) is 0. The molecule has 0 N–H and O–H groups in total. The lowest BCUT2D eigenvalue weighted by atomic mass is 10.0. The summed E-state index contributed by atoms with van der Waals surface area (Å²) in [6, 6.07) is 15.5. The van der Waals surface area contributed by atoms with E-state index in [0.717, 1.165) is 6.54 Å². The third kappa shape index (κ3) is 1.92. The minimum atomic E-state index is 1.00. The summed E-state index contributed by atoms with van der Waals surface area (Å²) in [5, 5.41) is 0. The predicted octanol–water partition coefficient (Wildman–Crippen LogP) is 3.77. The van der Waals surface area contributed by atoms with E-state index in [1.165, 1.54) is 33.5 Å². The summed E-state index contributed by atoms with van der Waals surface area (Å²) in [6.45, 7) is 7.50. The van der Waals surface area contributed by atoms with Crippen LogP contribution >= 0.6 is 0 Å². The fourth-order valence-electron chi connectivity index (χ4n) is 2.88. The van der Waals surface area contributed by atoms with Crippen molar-refractivity contribution in [3.8, 4) is 11.1 Å². The lowest BCUT2D eigenvalue weighted by Gasteiger charge is -2.02. The molecular formula is C18H21N2+. The number of nitrogens with zero attached hydrogens (tertiary/aromatic N) is 2. The second-order valence-corrected chi connectivity index (χ2v) is 5.42. The summed E-state index contributed by atoms with van der Waals surface area (Å²) in [6.07, 6.45) is 0. The van der Waals surface area contributed by atoms with Gasteiger partial charge in [0.25, 0.3) is 5.82 Å².